The number of nitrogens with two attached hydrogens (primary N) is 1. The van der Waals surface area contributed by atoms with Gasteiger partial charge in [-0.05, 0) is 42.8 Å². The Kier molecular flexibility index (Phi) is 5.46. The van der Waals surface area contributed by atoms with Crippen molar-refractivity contribution < 1.29 is 8.42 Å². The maximum absolute atomic E-state index is 12.7. The zero-order valence-corrected chi connectivity index (χ0v) is 13.5. The number of rotatable bonds is 7. The van der Waals surface area contributed by atoms with Gasteiger partial charge in [-0.3, -0.25) is 4.98 Å². The van der Waals surface area contributed by atoms with Gasteiger partial charge in [-0.25, -0.2) is 8.42 Å². The van der Waals surface area contributed by atoms with Crippen LogP contribution in [0.1, 0.15) is 17.4 Å². The molecule has 114 valence electrons. The summed E-state index contributed by atoms with van der Waals surface area (Å²) in [4.78, 5) is 4.94. The molecule has 0 amide bonds. The Labute approximate surface area is 129 Å². The first-order valence-electron chi connectivity index (χ1n) is 6.75. The Balaban J connectivity index is 2.22. The van der Waals surface area contributed by atoms with E-state index in [1.165, 1.54) is 15.6 Å². The number of hydrogen-bond donors (Lipinski definition) is 1. The molecule has 7 heteroatoms. The van der Waals surface area contributed by atoms with Gasteiger partial charge in [0.05, 0.1) is 0 Å². The normalized spacial score (nSPS) is 12.0. The first-order valence-corrected chi connectivity index (χ1v) is 9.01. The second-order valence-electron chi connectivity index (χ2n) is 4.55. The minimum atomic E-state index is -3.46. The van der Waals surface area contributed by atoms with Crippen LogP contribution in [0.2, 0.25) is 0 Å². The minimum absolute atomic E-state index is 0.353. The molecule has 0 saturated heterocycles. The Morgan fingerprint density at radius 3 is 2.57 bits per heavy atom. The summed E-state index contributed by atoms with van der Waals surface area (Å²) in [5.41, 5.74) is 6.43. The van der Waals surface area contributed by atoms with E-state index in [4.69, 9.17) is 5.73 Å². The lowest BCUT2D eigenvalue weighted by Gasteiger charge is -2.19. The molecule has 21 heavy (non-hydrogen) atoms. The number of thiophene rings is 1. The van der Waals surface area contributed by atoms with Crippen molar-refractivity contribution in [2.45, 2.75) is 24.1 Å². The summed E-state index contributed by atoms with van der Waals surface area (Å²) in [5.74, 6) is 0. The third-order valence-corrected chi connectivity index (χ3v) is 6.62. The van der Waals surface area contributed by atoms with Crippen molar-refractivity contribution in [2.75, 3.05) is 13.1 Å². The molecule has 2 N–H and O–H groups in total. The molecular formula is C14H19N3O2S2. The van der Waals surface area contributed by atoms with E-state index < -0.39 is 10.0 Å². The van der Waals surface area contributed by atoms with Gasteiger partial charge in [0.15, 0.2) is 0 Å². The average molecular weight is 325 g/mol. The van der Waals surface area contributed by atoms with Crippen molar-refractivity contribution >= 4 is 21.4 Å². The van der Waals surface area contributed by atoms with E-state index in [9.17, 15) is 8.42 Å². The molecule has 0 aliphatic heterocycles. The summed E-state index contributed by atoms with van der Waals surface area (Å²) >= 11 is 1.30. The highest BCUT2D eigenvalue weighted by Crippen LogP contribution is 2.26. The van der Waals surface area contributed by atoms with Crippen molar-refractivity contribution in [1.82, 2.24) is 9.29 Å². The molecule has 0 aliphatic carbocycles. The molecule has 2 rings (SSSR count). The van der Waals surface area contributed by atoms with Gasteiger partial charge in [-0.15, -0.1) is 11.3 Å². The number of sulfonamides is 1. The molecular weight excluding hydrogens is 306 g/mol. The van der Waals surface area contributed by atoms with E-state index in [0.29, 0.717) is 30.3 Å². The standard InChI is InChI=1S/C14H19N3O2S2/c1-2-17(11-12-6-9-16-10-7-12)21(18,19)14-4-3-13(20-14)5-8-15/h3-4,6-7,9-10H,2,5,8,11,15H2,1H3. The monoisotopic (exact) mass is 325 g/mol. The van der Waals surface area contributed by atoms with Crippen LogP contribution in [0, 0.1) is 0 Å². The molecule has 2 aromatic heterocycles. The molecule has 0 aliphatic rings. The summed E-state index contributed by atoms with van der Waals surface area (Å²) in [6.45, 7) is 3.14. The van der Waals surface area contributed by atoms with Crippen LogP contribution in [-0.4, -0.2) is 30.8 Å². The van der Waals surface area contributed by atoms with E-state index in [0.717, 1.165) is 10.4 Å². The van der Waals surface area contributed by atoms with Crippen LogP contribution in [0.4, 0.5) is 0 Å². The number of aromatic nitrogens is 1. The average Bonchev–Trinajstić information content (AvgIpc) is 2.95. The van der Waals surface area contributed by atoms with Crippen molar-refractivity contribution in [1.29, 1.82) is 0 Å². The van der Waals surface area contributed by atoms with Gasteiger partial charge in [-0.1, -0.05) is 6.92 Å². The maximum Gasteiger partial charge on any atom is 0.252 e. The third-order valence-electron chi connectivity index (χ3n) is 3.08. The molecule has 0 fully saturated rings. The molecule has 0 unspecified atom stereocenters. The molecule has 0 saturated carbocycles. The fourth-order valence-electron chi connectivity index (χ4n) is 1.96. The van der Waals surface area contributed by atoms with Crippen LogP contribution in [0.5, 0.6) is 0 Å². The van der Waals surface area contributed by atoms with Crippen LogP contribution in [0.15, 0.2) is 40.9 Å². The maximum atomic E-state index is 12.7. The summed E-state index contributed by atoms with van der Waals surface area (Å²) in [7, 11) is -3.46. The second kappa shape index (κ2) is 7.13. The number of nitrogens with zero attached hydrogens (tertiary/aromatic N) is 2. The summed E-state index contributed by atoms with van der Waals surface area (Å²) < 4.78 is 27.2. The van der Waals surface area contributed by atoms with Crippen molar-refractivity contribution in [2.24, 2.45) is 5.73 Å². The summed E-state index contributed by atoms with van der Waals surface area (Å²) in [6.07, 6.45) is 4.04. The van der Waals surface area contributed by atoms with Crippen molar-refractivity contribution in [3.05, 3.63) is 47.1 Å². The van der Waals surface area contributed by atoms with Gasteiger partial charge in [0.1, 0.15) is 4.21 Å². The van der Waals surface area contributed by atoms with E-state index in [1.807, 2.05) is 25.1 Å². The highest BCUT2D eigenvalue weighted by atomic mass is 32.2. The predicted octanol–water partition coefficient (Wildman–Crippen LogP) is 1.86. The molecule has 0 radical (unpaired) electrons. The van der Waals surface area contributed by atoms with Crippen LogP contribution < -0.4 is 5.73 Å². The highest BCUT2D eigenvalue weighted by molar-refractivity contribution is 7.91. The Morgan fingerprint density at radius 1 is 1.24 bits per heavy atom. The van der Waals surface area contributed by atoms with Crippen molar-refractivity contribution in [3.63, 3.8) is 0 Å². The van der Waals surface area contributed by atoms with E-state index in [-0.39, 0.29) is 0 Å². The smallest absolute Gasteiger partial charge is 0.252 e. The van der Waals surface area contributed by atoms with Crippen LogP contribution in [0.3, 0.4) is 0 Å². The molecule has 2 heterocycles. The Hall–Kier alpha value is -1.28. The number of pyridine rings is 1. The van der Waals surface area contributed by atoms with E-state index in [1.54, 1.807) is 18.5 Å². The first-order chi connectivity index (χ1) is 10.1. The second-order valence-corrected chi connectivity index (χ2v) is 7.88. The van der Waals surface area contributed by atoms with Gasteiger partial charge in [0, 0.05) is 30.4 Å². The van der Waals surface area contributed by atoms with Crippen LogP contribution in [0.25, 0.3) is 0 Å². The zero-order valence-electron chi connectivity index (χ0n) is 11.9. The van der Waals surface area contributed by atoms with Gasteiger partial charge >= 0.3 is 0 Å². The fraction of sp³-hybridized carbons (Fsp3) is 0.357. The fourth-order valence-corrected chi connectivity index (χ4v) is 4.92. The van der Waals surface area contributed by atoms with Gasteiger partial charge in [0.25, 0.3) is 10.0 Å². The molecule has 0 aromatic carbocycles. The van der Waals surface area contributed by atoms with Gasteiger partial charge < -0.3 is 5.73 Å². The first kappa shape index (κ1) is 16.1. The largest absolute Gasteiger partial charge is 0.330 e. The van der Waals surface area contributed by atoms with Crippen LogP contribution >= 0.6 is 11.3 Å². The van der Waals surface area contributed by atoms with Crippen molar-refractivity contribution in [3.8, 4) is 0 Å². The zero-order chi connectivity index (χ0) is 15.3. The minimum Gasteiger partial charge on any atom is -0.330 e. The molecule has 0 bridgehead atoms. The summed E-state index contributed by atoms with van der Waals surface area (Å²) in [6, 6.07) is 7.16. The lowest BCUT2D eigenvalue weighted by atomic mass is 10.3. The molecule has 2 aromatic rings. The SMILES string of the molecule is CCN(Cc1ccncc1)S(=O)(=O)c1ccc(CCN)s1. The van der Waals surface area contributed by atoms with E-state index >= 15 is 0 Å². The Morgan fingerprint density at radius 2 is 1.95 bits per heavy atom. The lowest BCUT2D eigenvalue weighted by molar-refractivity contribution is 0.424. The van der Waals surface area contributed by atoms with Gasteiger partial charge in [0.2, 0.25) is 0 Å². The quantitative estimate of drug-likeness (QED) is 0.843. The third kappa shape index (κ3) is 3.88. The molecule has 5 nitrogen and oxygen atoms in total. The highest BCUT2D eigenvalue weighted by Gasteiger charge is 2.24. The summed E-state index contributed by atoms with van der Waals surface area (Å²) in [5, 5.41) is 0. The van der Waals surface area contributed by atoms with E-state index in [2.05, 4.69) is 4.98 Å². The molecule has 0 spiro atoms. The lowest BCUT2D eigenvalue weighted by Crippen LogP contribution is -2.29. The number of hydrogen-bond acceptors (Lipinski definition) is 5. The van der Waals surface area contributed by atoms with Gasteiger partial charge in [-0.2, -0.15) is 4.31 Å². The van der Waals surface area contributed by atoms with Crippen LogP contribution in [-0.2, 0) is 23.0 Å². The Bertz CT molecular complexity index is 669. The topological polar surface area (TPSA) is 76.3 Å². The molecule has 0 atom stereocenters. The predicted molar refractivity (Wildman–Crippen MR) is 84.6 cm³/mol.